The zero-order valence-corrected chi connectivity index (χ0v) is 27.1. The quantitative estimate of drug-likeness (QED) is 0.202. The van der Waals surface area contributed by atoms with E-state index in [-0.39, 0.29) is 36.7 Å². The number of carboxylic acid groups (broad SMARTS) is 2. The zero-order valence-electron chi connectivity index (χ0n) is 26.3. The lowest BCUT2D eigenvalue weighted by molar-refractivity contribution is -0.138. The van der Waals surface area contributed by atoms with E-state index in [2.05, 4.69) is 15.6 Å². The summed E-state index contributed by atoms with van der Waals surface area (Å²) >= 11 is 1.83. The molecular weight excluding hydrogens is 596 g/mol. The number of fused-ring (bicyclic) bond motifs is 1. The number of allylic oxidation sites excluding steroid dienone is 1. The van der Waals surface area contributed by atoms with Crippen LogP contribution in [0.3, 0.4) is 0 Å². The van der Waals surface area contributed by atoms with Gasteiger partial charge in [-0.05, 0) is 86.5 Å². The van der Waals surface area contributed by atoms with Gasteiger partial charge < -0.3 is 25.8 Å². The van der Waals surface area contributed by atoms with Crippen molar-refractivity contribution in [2.24, 2.45) is 0 Å². The van der Waals surface area contributed by atoms with E-state index in [1.54, 1.807) is 0 Å². The number of rotatable bonds is 13. The minimum Gasteiger partial charge on any atom is -0.481 e. The highest BCUT2D eigenvalue weighted by atomic mass is 32.2. The topological polar surface area (TPSA) is 164 Å². The molecule has 0 radical (unpaired) electrons. The Morgan fingerprint density at radius 2 is 1.69 bits per heavy atom. The molecule has 0 saturated carbocycles. The van der Waals surface area contributed by atoms with E-state index in [4.69, 9.17) is 4.84 Å². The Balaban J connectivity index is 1.35. The van der Waals surface area contributed by atoms with E-state index in [0.717, 1.165) is 67.4 Å². The lowest BCUT2D eigenvalue weighted by Crippen LogP contribution is -2.34. The van der Waals surface area contributed by atoms with Crippen molar-refractivity contribution >= 4 is 41.6 Å². The van der Waals surface area contributed by atoms with Crippen LogP contribution in [-0.4, -0.2) is 72.8 Å². The van der Waals surface area contributed by atoms with E-state index >= 15 is 0 Å². The Morgan fingerprint density at radius 3 is 2.31 bits per heavy atom. The van der Waals surface area contributed by atoms with Crippen molar-refractivity contribution in [2.45, 2.75) is 103 Å². The van der Waals surface area contributed by atoms with E-state index in [1.807, 2.05) is 57.5 Å². The first-order chi connectivity index (χ1) is 21.4. The second-order valence-corrected chi connectivity index (χ2v) is 13.8. The van der Waals surface area contributed by atoms with Gasteiger partial charge in [-0.3, -0.25) is 19.2 Å². The number of hydrogen-bond acceptors (Lipinski definition) is 7. The molecule has 6 heterocycles. The Hall–Kier alpha value is -3.77. The smallest absolute Gasteiger partial charge is 0.303 e. The molecule has 11 nitrogen and oxygen atoms in total. The number of hydrogen-bond donors (Lipinski definition) is 5. The zero-order chi connectivity index (χ0) is 32.4. The van der Waals surface area contributed by atoms with Gasteiger partial charge in [-0.25, -0.2) is 9.90 Å². The highest BCUT2D eigenvalue weighted by Gasteiger charge is 2.64. The van der Waals surface area contributed by atoms with Gasteiger partial charge in [0.1, 0.15) is 0 Å². The van der Waals surface area contributed by atoms with Crippen LogP contribution in [0.25, 0.3) is 6.08 Å². The molecule has 1 aromatic rings. The summed E-state index contributed by atoms with van der Waals surface area (Å²) in [5, 5.41) is 27.4. The van der Waals surface area contributed by atoms with Gasteiger partial charge in [0.25, 0.3) is 0 Å². The van der Waals surface area contributed by atoms with Gasteiger partial charge in [0, 0.05) is 59.2 Å². The third-order valence-corrected chi connectivity index (χ3v) is 11.0. The normalized spacial score (nSPS) is 28.0. The molecule has 240 valence electrons. The maximum atomic E-state index is 12.6. The van der Waals surface area contributed by atoms with Crippen LogP contribution in [0.5, 0.6) is 0 Å². The first-order valence-corrected chi connectivity index (χ1v) is 16.6. The van der Waals surface area contributed by atoms with E-state index in [0.29, 0.717) is 37.4 Å². The van der Waals surface area contributed by atoms with Crippen molar-refractivity contribution in [2.75, 3.05) is 5.75 Å². The van der Waals surface area contributed by atoms with E-state index < -0.39 is 17.7 Å². The third-order valence-electron chi connectivity index (χ3n) is 10.0. The molecule has 0 spiro atoms. The second kappa shape index (κ2) is 11.5. The Morgan fingerprint density at radius 1 is 1.02 bits per heavy atom. The fourth-order valence-corrected chi connectivity index (χ4v) is 8.10. The van der Waals surface area contributed by atoms with Crippen LogP contribution in [-0.2, 0) is 36.9 Å². The van der Waals surface area contributed by atoms with Crippen LogP contribution < -0.4 is 10.6 Å². The average molecular weight is 637 g/mol. The number of aromatic amines is 1. The molecule has 0 aliphatic carbocycles. The summed E-state index contributed by atoms with van der Waals surface area (Å²) in [6.45, 7) is 9.74. The van der Waals surface area contributed by atoms with Crippen molar-refractivity contribution in [3.63, 3.8) is 0 Å². The van der Waals surface area contributed by atoms with Gasteiger partial charge in [-0.1, -0.05) is 6.92 Å². The maximum Gasteiger partial charge on any atom is 0.303 e. The number of aromatic nitrogens is 1. The Bertz CT molecular complexity index is 1650. The monoisotopic (exact) mass is 636 g/mol. The number of carboxylic acids is 2. The number of aliphatic carboxylic acids is 2. The van der Waals surface area contributed by atoms with Gasteiger partial charge >= 0.3 is 11.9 Å². The van der Waals surface area contributed by atoms with Gasteiger partial charge in [0.2, 0.25) is 17.5 Å². The van der Waals surface area contributed by atoms with Crippen LogP contribution in [0.2, 0.25) is 0 Å². The molecule has 4 atom stereocenters. The molecule has 1 aromatic heterocycles. The Labute approximate surface area is 266 Å². The summed E-state index contributed by atoms with van der Waals surface area (Å²) < 4.78 is 0. The molecule has 12 heteroatoms. The largest absolute Gasteiger partial charge is 0.481 e. The SMILES string of the molecule is CCC1=C(C)[C@@H](C[C@]23ON2/C(=C\c2[nH]c(C[C@@H]4NC(=O)C(C)=C4[C@@H]4CS4)c(C)c2CCC(=O)O)C(CCC(=O)O)=C3C)NC1=O. The first kappa shape index (κ1) is 31.2. The maximum absolute atomic E-state index is 12.6. The van der Waals surface area contributed by atoms with E-state index in [9.17, 15) is 29.4 Å². The number of H-pyrrole nitrogens is 1. The molecule has 0 unspecified atom stereocenters. The number of carbonyl (C=O) groups excluding carboxylic acids is 2. The van der Waals surface area contributed by atoms with Crippen molar-refractivity contribution in [1.29, 1.82) is 0 Å². The molecule has 2 fully saturated rings. The molecule has 0 bridgehead atoms. The van der Waals surface area contributed by atoms with Crippen LogP contribution in [0, 0.1) is 6.92 Å². The molecule has 0 aromatic carbocycles. The molecule has 5 N–H and O–H groups in total. The summed E-state index contributed by atoms with van der Waals surface area (Å²) in [5.41, 5.74) is 8.95. The lowest BCUT2D eigenvalue weighted by atomic mass is 9.92. The summed E-state index contributed by atoms with van der Waals surface area (Å²) in [6.07, 6.45) is 4.15. The minimum absolute atomic E-state index is 0.0422. The average Bonchev–Trinajstić information content (AvgIpc) is 3.85. The summed E-state index contributed by atoms with van der Waals surface area (Å²) in [7, 11) is 0. The number of thioether (sulfide) groups is 1. The predicted octanol–water partition coefficient (Wildman–Crippen LogP) is 3.91. The summed E-state index contributed by atoms with van der Waals surface area (Å²) in [6, 6.07) is -0.327. The van der Waals surface area contributed by atoms with E-state index in [1.165, 1.54) is 0 Å². The van der Waals surface area contributed by atoms with Crippen molar-refractivity contribution in [3.05, 3.63) is 61.7 Å². The first-order valence-electron chi connectivity index (χ1n) is 15.5. The summed E-state index contributed by atoms with van der Waals surface area (Å²) in [4.78, 5) is 58.2. The molecular formula is C33H40N4O7S. The number of nitrogens with zero attached hydrogens (tertiary/aromatic N) is 1. The second-order valence-electron chi connectivity index (χ2n) is 12.6. The highest BCUT2D eigenvalue weighted by molar-refractivity contribution is 8.07. The van der Waals surface area contributed by atoms with Crippen LogP contribution in [0.15, 0.2) is 39.1 Å². The number of carbonyl (C=O) groups is 4. The van der Waals surface area contributed by atoms with Crippen LogP contribution in [0.4, 0.5) is 0 Å². The fraction of sp³-hybridized carbons (Fsp3) is 0.515. The van der Waals surface area contributed by atoms with Crippen molar-refractivity contribution in [3.8, 4) is 0 Å². The van der Waals surface area contributed by atoms with Crippen LogP contribution in [0.1, 0.15) is 82.3 Å². The predicted molar refractivity (Wildman–Crippen MR) is 169 cm³/mol. The van der Waals surface area contributed by atoms with Crippen molar-refractivity contribution in [1.82, 2.24) is 20.7 Å². The molecule has 5 aliphatic rings. The fourth-order valence-electron chi connectivity index (χ4n) is 7.30. The number of nitrogens with one attached hydrogen (secondary N) is 3. The molecule has 5 aliphatic heterocycles. The van der Waals surface area contributed by atoms with Gasteiger partial charge in [0.15, 0.2) is 0 Å². The van der Waals surface area contributed by atoms with Gasteiger partial charge in [-0.2, -0.15) is 11.8 Å². The minimum atomic E-state index is -0.902. The highest BCUT2D eigenvalue weighted by Crippen LogP contribution is 2.58. The molecule has 6 rings (SSSR count). The summed E-state index contributed by atoms with van der Waals surface area (Å²) in [5.74, 6) is -0.897. The Kier molecular flexibility index (Phi) is 8.01. The molecule has 45 heavy (non-hydrogen) atoms. The third kappa shape index (κ3) is 5.52. The van der Waals surface area contributed by atoms with Crippen LogP contribution >= 0.6 is 11.8 Å². The van der Waals surface area contributed by atoms with Gasteiger partial charge in [-0.15, -0.1) is 0 Å². The van der Waals surface area contributed by atoms with Crippen molar-refractivity contribution < 1.29 is 34.2 Å². The molecule has 2 amide bonds. The molecule has 2 saturated heterocycles. The lowest BCUT2D eigenvalue weighted by Gasteiger charge is -2.16. The number of hydroxylamine groups is 2. The van der Waals surface area contributed by atoms with Gasteiger partial charge in [0.05, 0.1) is 17.8 Å². The number of amides is 2. The standard InChI is InChI=1S/C33H40N4O7S/c1-6-19-15(2)25(36-32(19)43)13-33-18(5)21(8-10-29(40)41)26(37(33)44-33)12-23-20(7-9-28(38)39)16(3)22(34-23)11-24-30(27-14-45-27)17(4)31(42)35-24/h12,24-25,27,34H,6-11,13-14H2,1-5H3,(H,35,42)(H,36,43)(H,38,39)(H,40,41)/b26-12-/t24-,25+,27-,33+,37?/m0/s1.